The number of aliphatic hydroxyl groups is 1. The van der Waals surface area contributed by atoms with Crippen LogP contribution in [0.5, 0.6) is 0 Å². The highest BCUT2D eigenvalue weighted by atomic mass is 19.1. The highest BCUT2D eigenvalue weighted by molar-refractivity contribution is 5.99. The Hall–Kier alpha value is -6.98. The van der Waals surface area contributed by atoms with Gasteiger partial charge in [0.05, 0.1) is 18.7 Å². The molecule has 7 rings (SSSR count). The molecule has 1 aliphatic rings. The molecule has 4 atom stereocenters. The van der Waals surface area contributed by atoms with Gasteiger partial charge in [-0.3, -0.25) is 19.2 Å². The summed E-state index contributed by atoms with van der Waals surface area (Å²) in [6, 6.07) is 35.7. The minimum Gasteiger partial charge on any atom is -0.392 e. The number of nitrogens with two attached hydrogens (primary N) is 2. The van der Waals surface area contributed by atoms with E-state index in [4.69, 9.17) is 11.5 Å². The van der Waals surface area contributed by atoms with Crippen LogP contribution in [0.3, 0.4) is 0 Å². The molecule has 0 saturated heterocycles. The molecule has 0 radical (unpaired) electrons. The predicted molar refractivity (Wildman–Crippen MR) is 228 cm³/mol. The molecule has 0 unspecified atom stereocenters. The number of rotatable bonds is 15. The molecule has 0 aromatic heterocycles. The monoisotopic (exact) mass is 820 g/mol. The van der Waals surface area contributed by atoms with Crippen LogP contribution in [0, 0.1) is 11.6 Å². The minimum atomic E-state index is -1.38. The summed E-state index contributed by atoms with van der Waals surface area (Å²) < 4.78 is 29.0. The van der Waals surface area contributed by atoms with Crippen molar-refractivity contribution in [2.75, 3.05) is 0 Å². The Morgan fingerprint density at radius 2 is 1.11 bits per heavy atom. The van der Waals surface area contributed by atoms with Crippen LogP contribution in [-0.4, -0.2) is 38.5 Å². The number of carbonyl (C=O) groups excluding carboxylic acids is 4. The van der Waals surface area contributed by atoms with E-state index in [-0.39, 0.29) is 17.7 Å². The normalized spacial score (nSPS) is 14.3. The molecule has 0 spiro atoms. The highest BCUT2D eigenvalue weighted by Crippen LogP contribution is 2.42. The van der Waals surface area contributed by atoms with Gasteiger partial charge in [0.25, 0.3) is 11.8 Å². The van der Waals surface area contributed by atoms with Crippen LogP contribution >= 0.6 is 0 Å². The molecule has 6 aromatic carbocycles. The summed E-state index contributed by atoms with van der Waals surface area (Å²) in [6.07, 6.45) is 2.22. The predicted octanol–water partition coefficient (Wildman–Crippen LogP) is 8.86. The summed E-state index contributed by atoms with van der Waals surface area (Å²) in [5, 5.41) is 9.56. The number of aliphatic hydroxyl groups excluding tert-OH is 1. The number of hydrogen-bond donors (Lipinski definition) is 3. The van der Waals surface area contributed by atoms with Crippen LogP contribution in [-0.2, 0) is 16.2 Å². The minimum absolute atomic E-state index is 0.104. The molecule has 0 heterocycles. The van der Waals surface area contributed by atoms with Gasteiger partial charge in [0.15, 0.2) is 0 Å². The maximum atomic E-state index is 14.8. The summed E-state index contributed by atoms with van der Waals surface area (Å²) in [4.78, 5) is 58.5. The fraction of sp³-hybridized carbons (Fsp3) is 0.200. The summed E-state index contributed by atoms with van der Waals surface area (Å²) in [6.45, 7) is 3.19. The SMILES string of the molecule is C[C@H](c1cccc(C2CC2)c1)N(C(=O)c1cccc(-c2ccc([C@H](C(N)=O)N(C(=O)c3ccc(CO)cc3)[C@H](C)c3cc(F)cc(F)c3)cc2)c1)[C@H](C(N)=O)c1ccccc1. The van der Waals surface area contributed by atoms with E-state index in [1.807, 2.05) is 31.2 Å². The number of carbonyl (C=O) groups is 4. The van der Waals surface area contributed by atoms with Crippen LogP contribution in [0.1, 0.15) is 111 Å². The van der Waals surface area contributed by atoms with Gasteiger partial charge in [0.1, 0.15) is 23.7 Å². The van der Waals surface area contributed by atoms with Gasteiger partial charge >= 0.3 is 0 Å². The third-order valence-corrected chi connectivity index (χ3v) is 11.4. The first-order valence-corrected chi connectivity index (χ1v) is 20.1. The lowest BCUT2D eigenvalue weighted by Gasteiger charge is -2.36. The van der Waals surface area contributed by atoms with Crippen molar-refractivity contribution in [3.8, 4) is 11.1 Å². The Morgan fingerprint density at radius 1 is 0.574 bits per heavy atom. The molecule has 9 nitrogen and oxygen atoms in total. The molecular weight excluding hydrogens is 775 g/mol. The average Bonchev–Trinajstić information content (AvgIpc) is 4.13. The zero-order valence-electron chi connectivity index (χ0n) is 33.7. The number of hydrogen-bond acceptors (Lipinski definition) is 5. The fourth-order valence-electron chi connectivity index (χ4n) is 7.96. The Kier molecular flexibility index (Phi) is 12.5. The van der Waals surface area contributed by atoms with Crippen molar-refractivity contribution >= 4 is 23.6 Å². The molecule has 11 heteroatoms. The standard InChI is InChI=1S/C50H46F2N4O5/c1-30(38-10-6-11-39(24-38)33-18-19-33)55(45(47(53)58)35-8-4-3-5-9-35)50(61)41-13-7-12-40(25-41)34-20-22-36(23-21-34)46(48(54)59)56(31(2)42-26-43(51)28-44(52)27-42)49(60)37-16-14-32(29-57)15-17-37/h3-17,20-28,30-31,33,45-46,57H,18-19,29H2,1-2H3,(H2,53,58)(H2,54,59)/t30-,31-,45+,46-/m1/s1. The molecule has 4 amide bonds. The molecule has 310 valence electrons. The van der Waals surface area contributed by atoms with Crippen LogP contribution in [0.15, 0.2) is 146 Å². The second-order valence-corrected chi connectivity index (χ2v) is 15.5. The summed E-state index contributed by atoms with van der Waals surface area (Å²) >= 11 is 0. The van der Waals surface area contributed by atoms with E-state index in [0.29, 0.717) is 45.4 Å². The van der Waals surface area contributed by atoms with E-state index in [9.17, 15) is 33.1 Å². The third-order valence-electron chi connectivity index (χ3n) is 11.4. The van der Waals surface area contributed by atoms with E-state index < -0.39 is 59.4 Å². The van der Waals surface area contributed by atoms with Crippen molar-refractivity contribution < 1.29 is 33.1 Å². The van der Waals surface area contributed by atoms with E-state index in [1.54, 1.807) is 85.8 Å². The van der Waals surface area contributed by atoms with Gasteiger partial charge in [0.2, 0.25) is 11.8 Å². The van der Waals surface area contributed by atoms with E-state index in [1.165, 1.54) is 27.5 Å². The average molecular weight is 821 g/mol. The Balaban J connectivity index is 1.24. The van der Waals surface area contributed by atoms with Crippen molar-refractivity contribution in [2.45, 2.75) is 63.4 Å². The van der Waals surface area contributed by atoms with Gasteiger partial charge in [-0.1, -0.05) is 103 Å². The van der Waals surface area contributed by atoms with Crippen molar-refractivity contribution in [2.24, 2.45) is 11.5 Å². The van der Waals surface area contributed by atoms with Gasteiger partial charge in [-0.05, 0) is 114 Å². The molecule has 1 saturated carbocycles. The third kappa shape index (κ3) is 9.27. The Morgan fingerprint density at radius 3 is 1.69 bits per heavy atom. The molecule has 0 aliphatic heterocycles. The van der Waals surface area contributed by atoms with Crippen molar-refractivity contribution in [1.29, 1.82) is 0 Å². The fourth-order valence-corrected chi connectivity index (χ4v) is 7.96. The first kappa shape index (κ1) is 42.2. The molecular formula is C50H46F2N4O5. The smallest absolute Gasteiger partial charge is 0.255 e. The second-order valence-electron chi connectivity index (χ2n) is 15.5. The number of benzene rings is 6. The Bertz CT molecular complexity index is 2540. The van der Waals surface area contributed by atoms with Crippen LogP contribution in [0.25, 0.3) is 11.1 Å². The van der Waals surface area contributed by atoms with Crippen molar-refractivity contribution in [1.82, 2.24) is 9.80 Å². The van der Waals surface area contributed by atoms with Crippen LogP contribution in [0.4, 0.5) is 8.78 Å². The molecule has 5 N–H and O–H groups in total. The zero-order chi connectivity index (χ0) is 43.4. The molecule has 61 heavy (non-hydrogen) atoms. The number of halogens is 2. The lowest BCUT2D eigenvalue weighted by molar-refractivity contribution is -0.124. The van der Waals surface area contributed by atoms with Crippen LogP contribution < -0.4 is 11.5 Å². The molecule has 1 fully saturated rings. The summed E-state index contributed by atoms with van der Waals surface area (Å²) in [5.41, 5.74) is 17.5. The van der Waals surface area contributed by atoms with Gasteiger partial charge in [-0.15, -0.1) is 0 Å². The molecule has 6 aromatic rings. The topological polar surface area (TPSA) is 147 Å². The van der Waals surface area contributed by atoms with E-state index >= 15 is 0 Å². The molecule has 0 bridgehead atoms. The van der Waals surface area contributed by atoms with E-state index in [2.05, 4.69) is 12.1 Å². The Labute approximate surface area is 353 Å². The van der Waals surface area contributed by atoms with Gasteiger partial charge in [-0.25, -0.2) is 8.78 Å². The van der Waals surface area contributed by atoms with Gasteiger partial charge in [-0.2, -0.15) is 0 Å². The summed E-state index contributed by atoms with van der Waals surface area (Å²) in [5.74, 6) is -3.83. The quantitative estimate of drug-likeness (QED) is 0.0948. The van der Waals surface area contributed by atoms with Gasteiger partial charge < -0.3 is 26.4 Å². The first-order chi connectivity index (χ1) is 29.3. The largest absolute Gasteiger partial charge is 0.392 e. The van der Waals surface area contributed by atoms with E-state index in [0.717, 1.165) is 30.5 Å². The maximum Gasteiger partial charge on any atom is 0.255 e. The van der Waals surface area contributed by atoms with Crippen molar-refractivity contribution in [3.05, 3.63) is 202 Å². The van der Waals surface area contributed by atoms with Gasteiger partial charge in [0, 0.05) is 17.2 Å². The lowest BCUT2D eigenvalue weighted by atomic mass is 9.94. The zero-order valence-corrected chi connectivity index (χ0v) is 33.7. The maximum absolute atomic E-state index is 14.8. The lowest BCUT2D eigenvalue weighted by Crippen LogP contribution is -2.43. The number of amides is 4. The van der Waals surface area contributed by atoms with Crippen LogP contribution in [0.2, 0.25) is 0 Å². The number of nitrogens with zero attached hydrogens (tertiary/aromatic N) is 2. The van der Waals surface area contributed by atoms with Crippen molar-refractivity contribution in [3.63, 3.8) is 0 Å². The number of primary amides is 2. The highest BCUT2D eigenvalue weighted by Gasteiger charge is 2.37. The molecule has 1 aliphatic carbocycles. The second kappa shape index (κ2) is 18.1. The first-order valence-electron chi connectivity index (χ1n) is 20.1. The summed E-state index contributed by atoms with van der Waals surface area (Å²) in [7, 11) is 0.